The number of nitrogens with one attached hydrogen (secondary N) is 1. The summed E-state index contributed by atoms with van der Waals surface area (Å²) in [5.74, 6) is 0. The summed E-state index contributed by atoms with van der Waals surface area (Å²) in [6.45, 7) is 0. The van der Waals surface area contributed by atoms with E-state index in [1.807, 2.05) is 0 Å². The van der Waals surface area contributed by atoms with E-state index in [1.54, 1.807) is 6.07 Å². The highest BCUT2D eigenvalue weighted by Gasteiger charge is 2.35. The van der Waals surface area contributed by atoms with E-state index in [2.05, 4.69) is 4.72 Å². The Labute approximate surface area is 119 Å². The molecule has 20 heavy (non-hydrogen) atoms. The summed E-state index contributed by atoms with van der Waals surface area (Å²) in [4.78, 5) is 0. The fourth-order valence-corrected chi connectivity index (χ4v) is 3.55. The zero-order valence-corrected chi connectivity index (χ0v) is 13.2. The Balaban J connectivity index is 2.44. The predicted octanol–water partition coefficient (Wildman–Crippen LogP) is 0.0357. The molecule has 8 nitrogen and oxygen atoms in total. The van der Waals surface area contributed by atoms with E-state index in [9.17, 15) is 16.8 Å². The summed E-state index contributed by atoms with van der Waals surface area (Å²) in [5, 5.41) is 0. The number of hydrogen-bond donors (Lipinski definition) is 1. The summed E-state index contributed by atoms with van der Waals surface area (Å²) in [6.07, 6.45) is 0. The Morgan fingerprint density at radius 2 is 1.65 bits per heavy atom. The molecule has 1 aromatic rings. The molecule has 0 saturated carbocycles. The van der Waals surface area contributed by atoms with E-state index in [1.165, 1.54) is 40.3 Å². The van der Waals surface area contributed by atoms with Crippen LogP contribution in [0, 0.1) is 0 Å². The largest absolute Gasteiger partial charge is 0.326 e. The minimum absolute atomic E-state index is 0.301. The van der Waals surface area contributed by atoms with Gasteiger partial charge in [-0.15, -0.1) is 0 Å². The maximum Gasteiger partial charge on any atom is 0.326 e. The van der Waals surface area contributed by atoms with Crippen molar-refractivity contribution in [3.63, 3.8) is 0 Å². The van der Waals surface area contributed by atoms with E-state index in [0.29, 0.717) is 17.1 Å². The van der Waals surface area contributed by atoms with Gasteiger partial charge in [-0.3, -0.25) is 13.3 Å². The van der Waals surface area contributed by atoms with E-state index in [4.69, 9.17) is 0 Å². The molecule has 1 N–H and O–H groups in total. The summed E-state index contributed by atoms with van der Waals surface area (Å²) in [6, 6.07) is 4.56. The minimum Gasteiger partial charge on any atom is -0.271 e. The lowest BCUT2D eigenvalue weighted by Crippen LogP contribution is -2.32. The Hall–Kier alpha value is -1.52. The van der Waals surface area contributed by atoms with Crippen LogP contribution >= 0.6 is 0 Å². The fraction of sp³-hybridized carbons (Fsp3) is 0.400. The summed E-state index contributed by atoms with van der Waals surface area (Å²) >= 11 is 0. The first-order chi connectivity index (χ1) is 9.07. The fourth-order valence-electron chi connectivity index (χ4n) is 1.78. The topological polar surface area (TPSA) is 90.0 Å². The normalized spacial score (nSPS) is 17.4. The standard InChI is InChI=1S/C10H16N4O4S2/c1-12(2)19(15,16)11-8-5-6-9-10(7-8)14(4)20(17,18)13(9)3/h5-7,11H,1-4H3. The van der Waals surface area contributed by atoms with E-state index < -0.39 is 20.4 Å². The Morgan fingerprint density at radius 1 is 1.10 bits per heavy atom. The average Bonchev–Trinajstić information content (AvgIpc) is 2.51. The van der Waals surface area contributed by atoms with E-state index >= 15 is 0 Å². The molecule has 0 saturated heterocycles. The Bertz CT molecular complexity index is 743. The zero-order chi connectivity index (χ0) is 15.3. The molecule has 112 valence electrons. The van der Waals surface area contributed by atoms with Gasteiger partial charge in [0.2, 0.25) is 0 Å². The molecule has 1 aliphatic rings. The van der Waals surface area contributed by atoms with Crippen LogP contribution in [0.2, 0.25) is 0 Å². The van der Waals surface area contributed by atoms with Crippen LogP contribution in [0.25, 0.3) is 0 Å². The van der Waals surface area contributed by atoms with Gasteiger partial charge in [0, 0.05) is 28.2 Å². The summed E-state index contributed by atoms with van der Waals surface area (Å²) in [5.41, 5.74) is 1.22. The van der Waals surface area contributed by atoms with Crippen LogP contribution in [0.5, 0.6) is 0 Å². The van der Waals surface area contributed by atoms with Crippen molar-refractivity contribution in [3.05, 3.63) is 18.2 Å². The predicted molar refractivity (Wildman–Crippen MR) is 78.4 cm³/mol. The SMILES string of the molecule is CN(C)S(=O)(=O)Nc1ccc2c(c1)N(C)S(=O)(=O)N2C. The first kappa shape index (κ1) is 14.9. The second-order valence-corrected chi connectivity index (χ2v) is 8.41. The highest BCUT2D eigenvalue weighted by atomic mass is 32.2. The van der Waals surface area contributed by atoms with Crippen molar-refractivity contribution < 1.29 is 16.8 Å². The monoisotopic (exact) mass is 320 g/mol. The third kappa shape index (κ3) is 2.19. The molecule has 0 radical (unpaired) electrons. The van der Waals surface area contributed by atoms with Gasteiger partial charge in [-0.05, 0) is 18.2 Å². The quantitative estimate of drug-likeness (QED) is 0.851. The first-order valence-corrected chi connectivity index (χ1v) is 8.48. The number of rotatable bonds is 3. The Morgan fingerprint density at radius 3 is 2.20 bits per heavy atom. The molecule has 0 aromatic heterocycles. The molecule has 0 unspecified atom stereocenters. The molecule has 1 aromatic carbocycles. The maximum atomic E-state index is 12.0. The zero-order valence-electron chi connectivity index (χ0n) is 11.5. The van der Waals surface area contributed by atoms with Gasteiger partial charge in [-0.25, -0.2) is 0 Å². The summed E-state index contributed by atoms with van der Waals surface area (Å²) < 4.78 is 53.1. The molecular weight excluding hydrogens is 304 g/mol. The van der Waals surface area contributed by atoms with Crippen molar-refractivity contribution >= 4 is 37.5 Å². The van der Waals surface area contributed by atoms with E-state index in [-0.39, 0.29) is 0 Å². The second-order valence-electron chi connectivity index (χ2n) is 4.54. The molecule has 2 rings (SSSR count). The highest BCUT2D eigenvalue weighted by molar-refractivity contribution is 7.94. The summed E-state index contributed by atoms with van der Waals surface area (Å²) in [7, 11) is -1.52. The van der Waals surface area contributed by atoms with Gasteiger partial charge in [-0.2, -0.15) is 21.1 Å². The van der Waals surface area contributed by atoms with Crippen LogP contribution in [-0.2, 0) is 20.4 Å². The van der Waals surface area contributed by atoms with Gasteiger partial charge in [0.25, 0.3) is 0 Å². The average molecular weight is 320 g/mol. The van der Waals surface area contributed by atoms with Crippen LogP contribution in [0.4, 0.5) is 17.1 Å². The number of benzene rings is 1. The minimum atomic E-state index is -3.63. The number of hydrogen-bond acceptors (Lipinski definition) is 4. The van der Waals surface area contributed by atoms with Crippen molar-refractivity contribution in [1.82, 2.24) is 4.31 Å². The van der Waals surface area contributed by atoms with Crippen molar-refractivity contribution in [1.29, 1.82) is 0 Å². The number of nitrogens with zero attached hydrogens (tertiary/aromatic N) is 3. The molecule has 0 atom stereocenters. The molecule has 1 aliphatic heterocycles. The molecule has 0 amide bonds. The van der Waals surface area contributed by atoms with Crippen molar-refractivity contribution in [2.75, 3.05) is 41.5 Å². The van der Waals surface area contributed by atoms with Gasteiger partial charge in [0.05, 0.1) is 17.1 Å². The van der Waals surface area contributed by atoms with Crippen LogP contribution in [0.1, 0.15) is 0 Å². The molecule has 0 bridgehead atoms. The maximum absolute atomic E-state index is 12.0. The van der Waals surface area contributed by atoms with Crippen LogP contribution in [0.3, 0.4) is 0 Å². The van der Waals surface area contributed by atoms with Gasteiger partial charge in [0.1, 0.15) is 0 Å². The molecule has 0 spiro atoms. The lowest BCUT2D eigenvalue weighted by molar-refractivity contribution is 0.527. The molecule has 0 aliphatic carbocycles. The second kappa shape index (κ2) is 4.50. The van der Waals surface area contributed by atoms with Crippen molar-refractivity contribution in [2.24, 2.45) is 0 Å². The first-order valence-electron chi connectivity index (χ1n) is 5.64. The van der Waals surface area contributed by atoms with E-state index in [0.717, 1.165) is 12.9 Å². The Kier molecular flexibility index (Phi) is 3.35. The van der Waals surface area contributed by atoms with Gasteiger partial charge in [-0.1, -0.05) is 0 Å². The molecule has 1 heterocycles. The molecule has 0 fully saturated rings. The smallest absolute Gasteiger partial charge is 0.271 e. The van der Waals surface area contributed by atoms with Gasteiger partial charge in [0.15, 0.2) is 0 Å². The van der Waals surface area contributed by atoms with Gasteiger partial charge < -0.3 is 0 Å². The molecule has 10 heteroatoms. The van der Waals surface area contributed by atoms with Crippen molar-refractivity contribution in [2.45, 2.75) is 0 Å². The van der Waals surface area contributed by atoms with Gasteiger partial charge >= 0.3 is 20.4 Å². The third-order valence-electron chi connectivity index (χ3n) is 3.07. The lowest BCUT2D eigenvalue weighted by Gasteiger charge is -2.14. The van der Waals surface area contributed by atoms with Crippen molar-refractivity contribution in [3.8, 4) is 0 Å². The van der Waals surface area contributed by atoms with Crippen LogP contribution in [-0.4, -0.2) is 49.3 Å². The lowest BCUT2D eigenvalue weighted by atomic mass is 10.2. The molecular formula is C10H16N4O4S2. The van der Waals surface area contributed by atoms with Crippen LogP contribution in [0.15, 0.2) is 18.2 Å². The third-order valence-corrected chi connectivity index (χ3v) is 6.31. The number of fused-ring (bicyclic) bond motifs is 1. The van der Waals surface area contributed by atoms with Crippen LogP contribution < -0.4 is 13.3 Å². The number of anilines is 3. The highest BCUT2D eigenvalue weighted by Crippen LogP contribution is 2.40.